The number of aliphatic hydroxyl groups is 1. The van der Waals surface area contributed by atoms with Gasteiger partial charge >= 0.3 is 0 Å². The topological polar surface area (TPSA) is 136 Å². The van der Waals surface area contributed by atoms with E-state index >= 15 is 4.39 Å². The molecule has 38 heavy (non-hydrogen) atoms. The zero-order valence-corrected chi connectivity index (χ0v) is 22.4. The summed E-state index contributed by atoms with van der Waals surface area (Å²) in [5, 5.41) is 12.2. The Balaban J connectivity index is 1.79. The van der Waals surface area contributed by atoms with Gasteiger partial charge in [-0.2, -0.15) is 4.39 Å². The van der Waals surface area contributed by atoms with Crippen LogP contribution in [-0.4, -0.2) is 39.1 Å². The summed E-state index contributed by atoms with van der Waals surface area (Å²) in [5.74, 6) is -1.90. The van der Waals surface area contributed by atoms with Crippen molar-refractivity contribution in [2.45, 2.75) is 51.1 Å². The maximum atomic E-state index is 15.6. The molecule has 0 aromatic heterocycles. The molecule has 0 saturated carbocycles. The molecule has 1 amide bonds. The van der Waals surface area contributed by atoms with E-state index < -0.39 is 66.0 Å². The van der Waals surface area contributed by atoms with Crippen molar-refractivity contribution in [3.8, 4) is 0 Å². The first-order chi connectivity index (χ1) is 17.9. The Kier molecular flexibility index (Phi) is 7.64. The van der Waals surface area contributed by atoms with E-state index in [0.717, 1.165) is 12.5 Å². The summed E-state index contributed by atoms with van der Waals surface area (Å²) in [6, 6.07) is 7.04. The van der Waals surface area contributed by atoms with Gasteiger partial charge in [0.25, 0.3) is 17.2 Å². The van der Waals surface area contributed by atoms with Crippen molar-refractivity contribution in [2.24, 2.45) is 5.92 Å². The van der Waals surface area contributed by atoms with Crippen molar-refractivity contribution in [3.05, 3.63) is 75.5 Å². The van der Waals surface area contributed by atoms with Crippen LogP contribution < -0.4 is 10.0 Å². The maximum Gasteiger partial charge on any atom is 0.260 e. The standard InChI is InChI=1S/C25H27F2N3O6S2/c1-4-5-13(2)22-23(31)20(25(32)30(22)12-15-6-8-17(26)14(3)10-15)21-24(27)38(35,36)19-11-16(29-37(33)34)7-9-18(19)28-21/h6-11,13,22,28-29,31H,4-5,12H2,1-3H3,(H,33,34)/t13-,22?/m0/s1. The molecule has 4 N–H and O–H groups in total. The number of hydrogen-bond acceptors (Lipinski definition) is 6. The zero-order valence-electron chi connectivity index (χ0n) is 20.8. The SMILES string of the molecule is CCC[C@H](C)C1C(O)=C(C2=C(F)S(=O)(=O)c3cc(NS(=O)O)ccc3N2)C(=O)N1Cc1ccc(F)c(C)c1. The van der Waals surface area contributed by atoms with Gasteiger partial charge in [-0.3, -0.25) is 14.1 Å². The average molecular weight is 568 g/mol. The average Bonchev–Trinajstić information content (AvgIpc) is 3.08. The molecule has 13 heteroatoms. The van der Waals surface area contributed by atoms with Gasteiger partial charge in [-0.05, 0) is 54.7 Å². The van der Waals surface area contributed by atoms with Crippen molar-refractivity contribution < 1.29 is 35.9 Å². The number of aryl methyl sites for hydroxylation is 1. The summed E-state index contributed by atoms with van der Waals surface area (Å²) in [4.78, 5) is 14.5. The monoisotopic (exact) mass is 567 g/mol. The number of nitrogens with one attached hydrogen (secondary N) is 2. The van der Waals surface area contributed by atoms with Gasteiger partial charge in [0.1, 0.15) is 22.8 Å². The number of rotatable bonds is 8. The third-order valence-corrected chi connectivity index (χ3v) is 8.63. The van der Waals surface area contributed by atoms with Crippen molar-refractivity contribution in [1.82, 2.24) is 4.90 Å². The smallest absolute Gasteiger partial charge is 0.260 e. The Hall–Kier alpha value is -3.29. The lowest BCUT2D eigenvalue weighted by Crippen LogP contribution is -2.39. The van der Waals surface area contributed by atoms with Crippen LogP contribution in [0.2, 0.25) is 0 Å². The number of carbonyl (C=O) groups is 1. The second kappa shape index (κ2) is 10.5. The number of fused-ring (bicyclic) bond motifs is 1. The highest BCUT2D eigenvalue weighted by Crippen LogP contribution is 2.43. The molecule has 0 fully saturated rings. The molecule has 2 unspecified atom stereocenters. The Morgan fingerprint density at radius 1 is 1.21 bits per heavy atom. The fraction of sp³-hybridized carbons (Fsp3) is 0.320. The van der Waals surface area contributed by atoms with Gasteiger partial charge in [-0.15, -0.1) is 0 Å². The number of carbonyl (C=O) groups excluding carboxylic acids is 1. The van der Waals surface area contributed by atoms with Crippen LogP contribution in [0, 0.1) is 18.7 Å². The number of nitrogens with zero attached hydrogens (tertiary/aromatic N) is 1. The molecule has 0 aliphatic carbocycles. The molecule has 0 radical (unpaired) electrons. The quantitative estimate of drug-likeness (QED) is 0.340. The van der Waals surface area contributed by atoms with E-state index in [0.29, 0.717) is 17.5 Å². The molecule has 0 bridgehead atoms. The van der Waals surface area contributed by atoms with E-state index in [1.807, 2.05) is 13.8 Å². The van der Waals surface area contributed by atoms with E-state index in [4.69, 9.17) is 4.55 Å². The summed E-state index contributed by atoms with van der Waals surface area (Å²) in [7, 11) is -4.78. The molecule has 2 aliphatic rings. The second-order valence-corrected chi connectivity index (χ2v) is 11.8. The van der Waals surface area contributed by atoms with Gasteiger partial charge in [0.05, 0.1) is 16.6 Å². The predicted octanol–water partition coefficient (Wildman–Crippen LogP) is 4.68. The minimum absolute atomic E-state index is 0.0161. The second-order valence-electron chi connectivity index (χ2n) is 9.33. The van der Waals surface area contributed by atoms with Crippen molar-refractivity contribution in [3.63, 3.8) is 0 Å². The molecule has 3 atom stereocenters. The van der Waals surface area contributed by atoms with E-state index in [1.54, 1.807) is 13.0 Å². The van der Waals surface area contributed by atoms with Crippen molar-refractivity contribution in [1.29, 1.82) is 0 Å². The zero-order chi connectivity index (χ0) is 27.9. The summed E-state index contributed by atoms with van der Waals surface area (Å²) >= 11 is -2.49. The Labute approximate surface area is 221 Å². The van der Waals surface area contributed by atoms with Crippen LogP contribution in [0.15, 0.2) is 63.5 Å². The molecule has 2 heterocycles. The minimum Gasteiger partial charge on any atom is -0.509 e. The number of amides is 1. The Bertz CT molecular complexity index is 1510. The molecule has 2 aliphatic heterocycles. The molecule has 4 rings (SSSR count). The summed E-state index contributed by atoms with van der Waals surface area (Å²) in [6.07, 6.45) is 1.36. The van der Waals surface area contributed by atoms with E-state index in [9.17, 15) is 26.9 Å². The highest BCUT2D eigenvalue weighted by atomic mass is 32.2. The Morgan fingerprint density at radius 2 is 1.92 bits per heavy atom. The van der Waals surface area contributed by atoms with Crippen LogP contribution in [0.3, 0.4) is 0 Å². The first-order valence-corrected chi connectivity index (χ1v) is 14.4. The van der Waals surface area contributed by atoms with E-state index in [-0.39, 0.29) is 23.8 Å². The van der Waals surface area contributed by atoms with E-state index in [2.05, 4.69) is 10.0 Å². The fourth-order valence-electron chi connectivity index (χ4n) is 4.86. The number of benzene rings is 2. The lowest BCUT2D eigenvalue weighted by Gasteiger charge is -2.30. The number of halogens is 2. The molecule has 2 aromatic carbocycles. The van der Waals surface area contributed by atoms with Gasteiger partial charge in [0, 0.05) is 12.2 Å². The van der Waals surface area contributed by atoms with Crippen LogP contribution in [0.1, 0.15) is 37.8 Å². The fourth-order valence-corrected chi connectivity index (χ4v) is 6.49. The molecule has 0 spiro atoms. The number of anilines is 2. The summed E-state index contributed by atoms with van der Waals surface area (Å²) in [6.45, 7) is 5.33. The molecule has 204 valence electrons. The molecular formula is C25H27F2N3O6S2. The lowest BCUT2D eigenvalue weighted by molar-refractivity contribution is -0.128. The van der Waals surface area contributed by atoms with Gasteiger partial charge in [0.2, 0.25) is 15.0 Å². The Morgan fingerprint density at radius 3 is 2.55 bits per heavy atom. The van der Waals surface area contributed by atoms with Gasteiger partial charge in [0.15, 0.2) is 0 Å². The molecule has 0 saturated heterocycles. The van der Waals surface area contributed by atoms with Crippen LogP contribution in [-0.2, 0) is 32.4 Å². The van der Waals surface area contributed by atoms with Crippen LogP contribution in [0.25, 0.3) is 0 Å². The number of aliphatic hydroxyl groups excluding tert-OH is 1. The largest absolute Gasteiger partial charge is 0.509 e. The molecule has 9 nitrogen and oxygen atoms in total. The normalized spacial score (nSPS) is 20.3. The van der Waals surface area contributed by atoms with Gasteiger partial charge in [-0.1, -0.05) is 32.4 Å². The number of hydrogen-bond donors (Lipinski definition) is 4. The third kappa shape index (κ3) is 4.93. The van der Waals surface area contributed by atoms with Gasteiger partial charge in [-0.25, -0.2) is 17.0 Å². The highest BCUT2D eigenvalue weighted by Gasteiger charge is 2.47. The van der Waals surface area contributed by atoms with Crippen LogP contribution in [0.5, 0.6) is 0 Å². The minimum atomic E-state index is -4.78. The third-order valence-electron chi connectivity index (χ3n) is 6.62. The number of sulfone groups is 1. The summed E-state index contributed by atoms with van der Waals surface area (Å²) < 4.78 is 77.7. The molecule has 2 aromatic rings. The molecular weight excluding hydrogens is 540 g/mol. The van der Waals surface area contributed by atoms with Crippen LogP contribution >= 0.6 is 0 Å². The maximum absolute atomic E-state index is 15.6. The van der Waals surface area contributed by atoms with Crippen molar-refractivity contribution in [2.75, 3.05) is 10.0 Å². The first kappa shape index (κ1) is 27.7. The highest BCUT2D eigenvalue weighted by molar-refractivity contribution is 7.95. The lowest BCUT2D eigenvalue weighted by atomic mass is 9.94. The van der Waals surface area contributed by atoms with Gasteiger partial charge < -0.3 is 15.3 Å². The summed E-state index contributed by atoms with van der Waals surface area (Å²) in [5.41, 5.74) is -0.339. The predicted molar refractivity (Wildman–Crippen MR) is 139 cm³/mol. The first-order valence-electron chi connectivity index (χ1n) is 11.8. The van der Waals surface area contributed by atoms with Crippen LogP contribution in [0.4, 0.5) is 20.2 Å². The van der Waals surface area contributed by atoms with Crippen molar-refractivity contribution >= 4 is 38.4 Å². The van der Waals surface area contributed by atoms with E-state index in [1.165, 1.54) is 29.2 Å².